The largest absolute Gasteiger partial charge is 0.339 e. The lowest BCUT2D eigenvalue weighted by atomic mass is 9.73. The second kappa shape index (κ2) is 8.68. The van der Waals surface area contributed by atoms with Crippen LogP contribution in [0.1, 0.15) is 18.9 Å². The number of hydrogen-bond acceptors (Lipinski definition) is 2. The molecule has 0 fully saturated rings. The van der Waals surface area contributed by atoms with Crippen LogP contribution in [0.25, 0.3) is 0 Å². The summed E-state index contributed by atoms with van der Waals surface area (Å²) in [5.74, 6) is 0.149. The molecular formula is C17H26BN2O. The topological polar surface area (TPSA) is 32.3 Å². The first-order valence-corrected chi connectivity index (χ1v) is 7.43. The van der Waals surface area contributed by atoms with Crippen molar-refractivity contribution in [3.8, 4) is 0 Å². The van der Waals surface area contributed by atoms with Gasteiger partial charge in [-0.2, -0.15) is 0 Å². The fourth-order valence-corrected chi connectivity index (χ4v) is 2.29. The Labute approximate surface area is 129 Å². The van der Waals surface area contributed by atoms with E-state index in [1.54, 1.807) is 0 Å². The van der Waals surface area contributed by atoms with Crippen molar-refractivity contribution in [2.75, 3.05) is 20.6 Å². The number of carbonyl (C=O) groups is 1. The van der Waals surface area contributed by atoms with Crippen LogP contribution in [-0.4, -0.2) is 44.8 Å². The van der Waals surface area contributed by atoms with Gasteiger partial charge in [-0.15, -0.1) is 0 Å². The van der Waals surface area contributed by atoms with E-state index in [9.17, 15) is 4.79 Å². The molecule has 1 amide bonds. The van der Waals surface area contributed by atoms with Crippen LogP contribution in [0.15, 0.2) is 36.4 Å². The molecule has 0 heterocycles. The Kier molecular flexibility index (Phi) is 7.23. The molecule has 0 aliphatic heterocycles. The standard InChI is InChI=1S/C17H26BN2O/c1-13(2)16(20(5)17(21)10-11-19-4)12-14-6-8-15(18-3)9-7-14/h6-9,16,19H,1,10-12H2,2-5H3. The molecule has 1 aromatic carbocycles. The van der Waals surface area contributed by atoms with Crippen LogP contribution in [0.5, 0.6) is 0 Å². The molecule has 1 rings (SSSR count). The van der Waals surface area contributed by atoms with E-state index in [4.69, 9.17) is 0 Å². The average molecular weight is 285 g/mol. The van der Waals surface area contributed by atoms with Crippen LogP contribution in [0, 0.1) is 0 Å². The number of rotatable bonds is 8. The molecule has 0 bridgehead atoms. The van der Waals surface area contributed by atoms with Gasteiger partial charge in [-0.25, -0.2) is 0 Å². The van der Waals surface area contributed by atoms with Gasteiger partial charge in [-0.05, 0) is 26.0 Å². The molecule has 0 aliphatic rings. The summed E-state index contributed by atoms with van der Waals surface area (Å²) >= 11 is 0. The number of likely N-dealkylation sites (N-methyl/N-ethyl adjacent to an activating group) is 1. The van der Waals surface area contributed by atoms with Gasteiger partial charge >= 0.3 is 0 Å². The Bertz CT molecular complexity index is 470. The maximum atomic E-state index is 12.2. The van der Waals surface area contributed by atoms with Crippen molar-refractivity contribution in [3.05, 3.63) is 42.0 Å². The quantitative estimate of drug-likeness (QED) is 0.581. The molecule has 1 N–H and O–H groups in total. The van der Waals surface area contributed by atoms with E-state index in [0.717, 1.165) is 12.0 Å². The number of amides is 1. The number of carbonyl (C=O) groups excluding carboxylic acids is 1. The highest BCUT2D eigenvalue weighted by Gasteiger charge is 2.20. The highest BCUT2D eigenvalue weighted by atomic mass is 16.2. The zero-order valence-electron chi connectivity index (χ0n) is 13.6. The van der Waals surface area contributed by atoms with Gasteiger partial charge in [0.1, 0.15) is 7.28 Å². The molecule has 0 saturated heterocycles. The lowest BCUT2D eigenvalue weighted by molar-refractivity contribution is -0.131. The van der Waals surface area contributed by atoms with Crippen molar-refractivity contribution in [1.29, 1.82) is 0 Å². The van der Waals surface area contributed by atoms with E-state index in [2.05, 4.69) is 43.4 Å². The third-order valence-electron chi connectivity index (χ3n) is 3.76. The van der Waals surface area contributed by atoms with Gasteiger partial charge in [0.25, 0.3) is 0 Å². The van der Waals surface area contributed by atoms with Gasteiger partial charge < -0.3 is 10.2 Å². The highest BCUT2D eigenvalue weighted by Crippen LogP contribution is 2.14. The van der Waals surface area contributed by atoms with Crippen LogP contribution < -0.4 is 10.8 Å². The van der Waals surface area contributed by atoms with Gasteiger partial charge in [0.05, 0.1) is 6.04 Å². The molecule has 1 aromatic rings. The van der Waals surface area contributed by atoms with E-state index in [1.165, 1.54) is 11.0 Å². The van der Waals surface area contributed by atoms with Crippen LogP contribution >= 0.6 is 0 Å². The zero-order valence-corrected chi connectivity index (χ0v) is 13.6. The summed E-state index contributed by atoms with van der Waals surface area (Å²) in [6.07, 6.45) is 1.32. The van der Waals surface area contributed by atoms with Crippen molar-refractivity contribution in [3.63, 3.8) is 0 Å². The minimum atomic E-state index is 0.0470. The second-order valence-corrected chi connectivity index (χ2v) is 5.45. The predicted octanol–water partition coefficient (Wildman–Crippen LogP) is 1.62. The molecule has 0 aromatic heterocycles. The molecule has 21 heavy (non-hydrogen) atoms. The van der Waals surface area contributed by atoms with Crippen molar-refractivity contribution in [2.45, 2.75) is 32.6 Å². The second-order valence-electron chi connectivity index (χ2n) is 5.45. The van der Waals surface area contributed by atoms with Crippen molar-refractivity contribution in [1.82, 2.24) is 10.2 Å². The Hall–Kier alpha value is -1.55. The molecule has 1 unspecified atom stereocenters. The molecule has 113 valence electrons. The van der Waals surface area contributed by atoms with E-state index in [0.29, 0.717) is 13.0 Å². The molecule has 4 heteroatoms. The van der Waals surface area contributed by atoms with Crippen molar-refractivity contribution in [2.24, 2.45) is 0 Å². The van der Waals surface area contributed by atoms with Gasteiger partial charge in [0, 0.05) is 20.0 Å². The Morgan fingerprint density at radius 1 is 1.38 bits per heavy atom. The first kappa shape index (κ1) is 17.5. The molecule has 0 aliphatic carbocycles. The van der Waals surface area contributed by atoms with Gasteiger partial charge in [-0.1, -0.05) is 48.7 Å². The van der Waals surface area contributed by atoms with Crippen LogP contribution in [0.2, 0.25) is 6.82 Å². The van der Waals surface area contributed by atoms with E-state index in [-0.39, 0.29) is 11.9 Å². The monoisotopic (exact) mass is 285 g/mol. The lowest BCUT2D eigenvalue weighted by Crippen LogP contribution is -2.40. The summed E-state index contributed by atoms with van der Waals surface area (Å²) in [4.78, 5) is 14.0. The summed E-state index contributed by atoms with van der Waals surface area (Å²) in [5, 5.41) is 3.01. The average Bonchev–Trinajstić information content (AvgIpc) is 2.49. The number of nitrogens with zero attached hydrogens (tertiary/aromatic N) is 1. The SMILES string of the molecule is C=C(C)C(Cc1ccc([B]C)cc1)N(C)C(=O)CCNC. The lowest BCUT2D eigenvalue weighted by Gasteiger charge is -2.29. The molecule has 1 atom stereocenters. The first-order chi connectivity index (χ1) is 9.99. The Morgan fingerprint density at radius 2 is 2.00 bits per heavy atom. The fraction of sp³-hybridized carbons (Fsp3) is 0.471. The summed E-state index contributed by atoms with van der Waals surface area (Å²) in [7, 11) is 5.80. The Morgan fingerprint density at radius 3 is 2.48 bits per heavy atom. The number of nitrogens with one attached hydrogen (secondary N) is 1. The molecule has 0 spiro atoms. The van der Waals surface area contributed by atoms with Gasteiger partial charge in [0.15, 0.2) is 0 Å². The summed E-state index contributed by atoms with van der Waals surface area (Å²) in [6, 6.07) is 8.50. The first-order valence-electron chi connectivity index (χ1n) is 7.43. The van der Waals surface area contributed by atoms with Crippen molar-refractivity contribution < 1.29 is 4.79 Å². The predicted molar refractivity (Wildman–Crippen MR) is 91.3 cm³/mol. The molecule has 3 nitrogen and oxygen atoms in total. The zero-order chi connectivity index (χ0) is 15.8. The number of benzene rings is 1. The third-order valence-corrected chi connectivity index (χ3v) is 3.76. The van der Waals surface area contributed by atoms with Gasteiger partial charge in [-0.3, -0.25) is 4.79 Å². The maximum absolute atomic E-state index is 12.2. The normalized spacial score (nSPS) is 11.8. The molecule has 0 saturated carbocycles. The fourth-order valence-electron chi connectivity index (χ4n) is 2.29. The van der Waals surface area contributed by atoms with Crippen LogP contribution in [0.4, 0.5) is 0 Å². The third kappa shape index (κ3) is 5.39. The van der Waals surface area contributed by atoms with E-state index in [1.807, 2.05) is 32.7 Å². The number of hydrogen-bond donors (Lipinski definition) is 1. The summed E-state index contributed by atoms with van der Waals surface area (Å²) in [6.45, 7) is 8.77. The molecular weight excluding hydrogens is 259 g/mol. The van der Waals surface area contributed by atoms with E-state index >= 15 is 0 Å². The van der Waals surface area contributed by atoms with E-state index < -0.39 is 0 Å². The summed E-state index contributed by atoms with van der Waals surface area (Å²) < 4.78 is 0. The van der Waals surface area contributed by atoms with Crippen LogP contribution in [-0.2, 0) is 11.2 Å². The minimum Gasteiger partial charge on any atom is -0.339 e. The maximum Gasteiger partial charge on any atom is 0.224 e. The minimum absolute atomic E-state index is 0.0470. The van der Waals surface area contributed by atoms with Gasteiger partial charge in [0.2, 0.25) is 5.91 Å². The smallest absolute Gasteiger partial charge is 0.224 e. The summed E-state index contributed by atoms with van der Waals surface area (Å²) in [5.41, 5.74) is 3.45. The van der Waals surface area contributed by atoms with Crippen LogP contribution in [0.3, 0.4) is 0 Å². The van der Waals surface area contributed by atoms with Crippen molar-refractivity contribution >= 4 is 18.6 Å². The highest BCUT2D eigenvalue weighted by molar-refractivity contribution is 6.51. The molecule has 1 radical (unpaired) electrons. The Balaban J connectivity index is 2.76.